The fraction of sp³-hybridized carbons (Fsp3) is 0.333. The smallest absolute Gasteiger partial charge is 0.191 e. The number of rotatable bonds is 6. The summed E-state index contributed by atoms with van der Waals surface area (Å²) in [6.07, 6.45) is 0.968. The Bertz CT molecular complexity index is 600. The highest BCUT2D eigenvalue weighted by Gasteiger charge is 2.11. The number of hydrogen-bond acceptors (Lipinski definition) is 4. The fourth-order valence-corrected chi connectivity index (χ4v) is 1.80. The van der Waals surface area contributed by atoms with Crippen LogP contribution in [0.2, 0.25) is 0 Å². The molecule has 6 heteroatoms. The molecule has 0 spiro atoms. The SMILES string of the molecule is CCCNc1cc(C)nc(COc2c(F)cccc2F)n1. The molecule has 0 bridgehead atoms. The van der Waals surface area contributed by atoms with Crippen LogP contribution in [0.3, 0.4) is 0 Å². The summed E-state index contributed by atoms with van der Waals surface area (Å²) in [5, 5.41) is 3.14. The zero-order valence-corrected chi connectivity index (χ0v) is 12.0. The average Bonchev–Trinajstić information content (AvgIpc) is 2.44. The molecular weight excluding hydrogens is 276 g/mol. The molecule has 0 fully saturated rings. The lowest BCUT2D eigenvalue weighted by molar-refractivity contribution is 0.265. The van der Waals surface area contributed by atoms with Crippen LogP contribution in [-0.2, 0) is 6.61 Å². The van der Waals surface area contributed by atoms with Crippen molar-refractivity contribution in [3.63, 3.8) is 0 Å². The maximum absolute atomic E-state index is 13.5. The van der Waals surface area contributed by atoms with Crippen molar-refractivity contribution in [2.24, 2.45) is 0 Å². The van der Waals surface area contributed by atoms with Gasteiger partial charge in [-0.2, -0.15) is 0 Å². The van der Waals surface area contributed by atoms with E-state index in [-0.39, 0.29) is 6.61 Å². The molecule has 0 radical (unpaired) electrons. The molecule has 1 aromatic heterocycles. The van der Waals surface area contributed by atoms with E-state index in [1.54, 1.807) is 0 Å². The first-order chi connectivity index (χ1) is 10.1. The van der Waals surface area contributed by atoms with E-state index in [1.165, 1.54) is 6.07 Å². The quantitative estimate of drug-likeness (QED) is 0.886. The second kappa shape index (κ2) is 6.97. The molecule has 0 amide bonds. The Balaban J connectivity index is 2.11. The van der Waals surface area contributed by atoms with Crippen LogP contribution in [0.1, 0.15) is 24.9 Å². The lowest BCUT2D eigenvalue weighted by Gasteiger charge is -2.10. The van der Waals surface area contributed by atoms with E-state index in [0.29, 0.717) is 11.6 Å². The van der Waals surface area contributed by atoms with Gasteiger partial charge in [-0.3, -0.25) is 0 Å². The van der Waals surface area contributed by atoms with Crippen LogP contribution in [0.4, 0.5) is 14.6 Å². The number of aromatic nitrogens is 2. The predicted molar refractivity (Wildman–Crippen MR) is 76.2 cm³/mol. The first-order valence-electron chi connectivity index (χ1n) is 6.75. The first kappa shape index (κ1) is 15.2. The molecule has 0 aliphatic heterocycles. The minimum atomic E-state index is -0.744. The number of para-hydroxylation sites is 1. The van der Waals surface area contributed by atoms with Gasteiger partial charge >= 0.3 is 0 Å². The number of aryl methyl sites for hydroxylation is 1. The molecule has 0 unspecified atom stereocenters. The van der Waals surface area contributed by atoms with Crippen molar-refractivity contribution in [1.82, 2.24) is 9.97 Å². The third kappa shape index (κ3) is 4.11. The number of nitrogens with one attached hydrogen (secondary N) is 1. The van der Waals surface area contributed by atoms with Crippen molar-refractivity contribution in [3.05, 3.63) is 47.4 Å². The number of ether oxygens (including phenoxy) is 1. The lowest BCUT2D eigenvalue weighted by Crippen LogP contribution is -2.09. The largest absolute Gasteiger partial charge is 0.479 e. The van der Waals surface area contributed by atoms with Crippen LogP contribution < -0.4 is 10.1 Å². The van der Waals surface area contributed by atoms with Gasteiger partial charge in [0.2, 0.25) is 0 Å². The molecule has 112 valence electrons. The molecule has 0 aliphatic rings. The van der Waals surface area contributed by atoms with Crippen LogP contribution in [-0.4, -0.2) is 16.5 Å². The number of halogens is 2. The fourth-order valence-electron chi connectivity index (χ4n) is 1.80. The molecule has 2 aromatic rings. The van der Waals surface area contributed by atoms with Crippen molar-refractivity contribution < 1.29 is 13.5 Å². The Morgan fingerprint density at radius 1 is 1.19 bits per heavy atom. The topological polar surface area (TPSA) is 47.0 Å². The molecule has 0 aliphatic carbocycles. The van der Waals surface area contributed by atoms with Crippen LogP contribution in [0.5, 0.6) is 5.75 Å². The maximum atomic E-state index is 13.5. The Labute approximate surface area is 122 Å². The maximum Gasteiger partial charge on any atom is 0.191 e. The molecule has 2 rings (SSSR count). The van der Waals surface area contributed by atoms with E-state index < -0.39 is 17.4 Å². The lowest BCUT2D eigenvalue weighted by atomic mass is 10.3. The molecule has 1 aromatic carbocycles. The van der Waals surface area contributed by atoms with Crippen molar-refractivity contribution in [2.75, 3.05) is 11.9 Å². The summed E-state index contributed by atoms with van der Waals surface area (Å²) in [5.41, 5.74) is 0.760. The highest BCUT2D eigenvalue weighted by Crippen LogP contribution is 2.21. The van der Waals surface area contributed by atoms with Gasteiger partial charge in [0.25, 0.3) is 0 Å². The van der Waals surface area contributed by atoms with Crippen LogP contribution >= 0.6 is 0 Å². The van der Waals surface area contributed by atoms with E-state index >= 15 is 0 Å². The van der Waals surface area contributed by atoms with E-state index in [4.69, 9.17) is 4.74 Å². The second-order valence-corrected chi connectivity index (χ2v) is 4.58. The van der Waals surface area contributed by atoms with Crippen molar-refractivity contribution >= 4 is 5.82 Å². The summed E-state index contributed by atoms with van der Waals surface area (Å²) in [4.78, 5) is 8.45. The molecule has 1 N–H and O–H groups in total. The van der Waals surface area contributed by atoms with Gasteiger partial charge in [-0.05, 0) is 25.5 Å². The van der Waals surface area contributed by atoms with Gasteiger partial charge in [0.05, 0.1) is 0 Å². The molecule has 0 saturated heterocycles. The van der Waals surface area contributed by atoms with Crippen LogP contribution in [0, 0.1) is 18.6 Å². The van der Waals surface area contributed by atoms with Gasteiger partial charge in [0.1, 0.15) is 12.4 Å². The number of benzene rings is 1. The van der Waals surface area contributed by atoms with E-state index in [2.05, 4.69) is 15.3 Å². The van der Waals surface area contributed by atoms with Crippen molar-refractivity contribution in [1.29, 1.82) is 0 Å². The molecule has 0 saturated carbocycles. The highest BCUT2D eigenvalue weighted by atomic mass is 19.1. The third-order valence-electron chi connectivity index (χ3n) is 2.72. The Morgan fingerprint density at radius 2 is 1.90 bits per heavy atom. The van der Waals surface area contributed by atoms with Gasteiger partial charge in [-0.15, -0.1) is 0 Å². The number of anilines is 1. The number of hydrogen-bond donors (Lipinski definition) is 1. The van der Waals surface area contributed by atoms with Gasteiger partial charge in [-0.25, -0.2) is 18.7 Å². The Morgan fingerprint density at radius 3 is 2.57 bits per heavy atom. The Kier molecular flexibility index (Phi) is 5.03. The van der Waals surface area contributed by atoms with Gasteiger partial charge in [-0.1, -0.05) is 13.0 Å². The minimum Gasteiger partial charge on any atom is -0.479 e. The van der Waals surface area contributed by atoms with Gasteiger partial charge in [0, 0.05) is 18.3 Å². The third-order valence-corrected chi connectivity index (χ3v) is 2.72. The Hall–Kier alpha value is -2.24. The van der Waals surface area contributed by atoms with Crippen molar-refractivity contribution in [3.8, 4) is 5.75 Å². The van der Waals surface area contributed by atoms with Gasteiger partial charge < -0.3 is 10.1 Å². The summed E-state index contributed by atoms with van der Waals surface area (Å²) >= 11 is 0. The first-order valence-corrected chi connectivity index (χ1v) is 6.75. The summed E-state index contributed by atoms with van der Waals surface area (Å²) in [5.74, 6) is -0.849. The van der Waals surface area contributed by atoms with E-state index in [1.807, 2.05) is 19.9 Å². The predicted octanol–water partition coefficient (Wildman–Crippen LogP) is 3.46. The monoisotopic (exact) mass is 293 g/mol. The van der Waals surface area contributed by atoms with Crippen molar-refractivity contribution in [2.45, 2.75) is 26.9 Å². The summed E-state index contributed by atoms with van der Waals surface area (Å²) in [6.45, 7) is 4.57. The summed E-state index contributed by atoms with van der Waals surface area (Å²) < 4.78 is 32.1. The van der Waals surface area contributed by atoms with E-state index in [9.17, 15) is 8.78 Å². The minimum absolute atomic E-state index is 0.0969. The number of nitrogens with zero attached hydrogens (tertiary/aromatic N) is 2. The van der Waals surface area contributed by atoms with Gasteiger partial charge in [0.15, 0.2) is 23.2 Å². The average molecular weight is 293 g/mol. The molecular formula is C15H17F2N3O. The molecule has 4 nitrogen and oxygen atoms in total. The summed E-state index contributed by atoms with van der Waals surface area (Å²) in [6, 6.07) is 5.38. The zero-order valence-electron chi connectivity index (χ0n) is 12.0. The standard InChI is InChI=1S/C15H17F2N3O/c1-3-7-18-13-8-10(2)19-14(20-13)9-21-15-11(16)5-4-6-12(15)17/h4-6,8H,3,7,9H2,1-2H3,(H,18,19,20). The second-order valence-electron chi connectivity index (χ2n) is 4.58. The molecule has 1 heterocycles. The van der Waals surface area contributed by atoms with Crippen LogP contribution in [0.25, 0.3) is 0 Å². The molecule has 0 atom stereocenters. The van der Waals surface area contributed by atoms with Crippen LogP contribution in [0.15, 0.2) is 24.3 Å². The van der Waals surface area contributed by atoms with E-state index in [0.717, 1.165) is 30.8 Å². The highest BCUT2D eigenvalue weighted by molar-refractivity contribution is 5.35. The zero-order chi connectivity index (χ0) is 15.2. The molecule has 21 heavy (non-hydrogen) atoms. The normalized spacial score (nSPS) is 10.5. The summed E-state index contributed by atoms with van der Waals surface area (Å²) in [7, 11) is 0.